The number of hydrogen-bond acceptors (Lipinski definition) is 4. The molecule has 1 aliphatic rings. The van der Waals surface area contributed by atoms with Gasteiger partial charge in [0.1, 0.15) is 0 Å². The van der Waals surface area contributed by atoms with E-state index in [1.165, 1.54) is 0 Å². The highest BCUT2D eigenvalue weighted by Gasteiger charge is 2.43. The Balaban J connectivity index is 2.49. The van der Waals surface area contributed by atoms with Crippen LogP contribution in [0.2, 0.25) is 0 Å². The summed E-state index contributed by atoms with van der Waals surface area (Å²) in [6.45, 7) is 8.44. The molecule has 1 amide bonds. The second-order valence-corrected chi connectivity index (χ2v) is 8.02. The topological polar surface area (TPSA) is 60.9 Å². The largest absolute Gasteiger partial charge is 0.503 e. The number of rotatable bonds is 7. The van der Waals surface area contributed by atoms with Gasteiger partial charge < -0.3 is 14.9 Å². The molecular weight excluding hydrogens is 328 g/mol. The first kappa shape index (κ1) is 20.0. The van der Waals surface area contributed by atoms with Gasteiger partial charge in [0.25, 0.3) is 5.91 Å². The van der Waals surface area contributed by atoms with Crippen molar-refractivity contribution in [2.24, 2.45) is 11.8 Å². The number of carbonyl (C=O) groups excluding carboxylic acids is 2. The van der Waals surface area contributed by atoms with Gasteiger partial charge in [0, 0.05) is 32.7 Å². The first-order chi connectivity index (χ1) is 12.1. The maximum Gasteiger partial charge on any atom is 0.290 e. The third-order valence-corrected chi connectivity index (χ3v) is 4.48. The molecule has 1 unspecified atom stereocenters. The van der Waals surface area contributed by atoms with Crippen LogP contribution >= 0.6 is 0 Å². The van der Waals surface area contributed by atoms with E-state index in [9.17, 15) is 14.7 Å². The van der Waals surface area contributed by atoms with Gasteiger partial charge in [-0.05, 0) is 29.5 Å². The van der Waals surface area contributed by atoms with E-state index in [-0.39, 0.29) is 23.2 Å². The molecular formula is C21H30N2O3. The summed E-state index contributed by atoms with van der Waals surface area (Å²) in [7, 11) is 3.92. The fraction of sp³-hybridized carbons (Fsp3) is 0.524. The minimum Gasteiger partial charge on any atom is -0.503 e. The summed E-state index contributed by atoms with van der Waals surface area (Å²) in [5.41, 5.74) is 2.12. The first-order valence-electron chi connectivity index (χ1n) is 9.18. The molecule has 0 radical (unpaired) electrons. The highest BCUT2D eigenvalue weighted by atomic mass is 16.3. The van der Waals surface area contributed by atoms with E-state index in [1.807, 2.05) is 71.0 Å². The van der Waals surface area contributed by atoms with Crippen molar-refractivity contribution in [2.45, 2.75) is 40.2 Å². The van der Waals surface area contributed by atoms with Crippen LogP contribution in [-0.2, 0) is 9.59 Å². The predicted molar refractivity (Wildman–Crippen MR) is 104 cm³/mol. The van der Waals surface area contributed by atoms with Crippen molar-refractivity contribution in [3.8, 4) is 0 Å². The van der Waals surface area contributed by atoms with Gasteiger partial charge in [0.2, 0.25) is 0 Å². The molecule has 0 aromatic heterocycles. The van der Waals surface area contributed by atoms with Crippen LogP contribution in [-0.4, -0.2) is 42.3 Å². The minimum absolute atomic E-state index is 0.154. The summed E-state index contributed by atoms with van der Waals surface area (Å²) < 4.78 is 0. The Kier molecular flexibility index (Phi) is 6.11. The Morgan fingerprint density at radius 2 is 1.69 bits per heavy atom. The summed E-state index contributed by atoms with van der Waals surface area (Å²) in [6, 6.07) is 7.27. The zero-order chi connectivity index (χ0) is 19.6. The van der Waals surface area contributed by atoms with Crippen LogP contribution in [0.4, 0.5) is 5.69 Å². The van der Waals surface area contributed by atoms with Crippen LogP contribution in [0.5, 0.6) is 0 Å². The number of benzene rings is 1. The first-order valence-corrected chi connectivity index (χ1v) is 9.18. The number of anilines is 1. The molecule has 142 valence electrons. The lowest BCUT2D eigenvalue weighted by Gasteiger charge is -2.28. The number of amides is 1. The lowest BCUT2D eigenvalue weighted by atomic mass is 9.92. The molecule has 5 nitrogen and oxygen atoms in total. The Morgan fingerprint density at radius 3 is 2.15 bits per heavy atom. The molecule has 2 rings (SSSR count). The molecule has 0 bridgehead atoms. The van der Waals surface area contributed by atoms with E-state index in [0.717, 1.165) is 11.3 Å². The lowest BCUT2D eigenvalue weighted by Crippen LogP contribution is -2.34. The van der Waals surface area contributed by atoms with Crippen molar-refractivity contribution in [3.63, 3.8) is 0 Å². The second kappa shape index (κ2) is 7.94. The van der Waals surface area contributed by atoms with Crippen LogP contribution in [0.25, 0.3) is 0 Å². The molecule has 1 N–H and O–H groups in total. The average molecular weight is 358 g/mol. The van der Waals surface area contributed by atoms with Crippen molar-refractivity contribution in [2.75, 3.05) is 25.5 Å². The summed E-state index contributed by atoms with van der Waals surface area (Å²) in [6.07, 6.45) is 0.314. The molecule has 5 heteroatoms. The number of hydrogen-bond donors (Lipinski definition) is 1. The smallest absolute Gasteiger partial charge is 0.290 e. The van der Waals surface area contributed by atoms with E-state index < -0.39 is 17.7 Å². The molecule has 1 aromatic rings. The molecule has 26 heavy (non-hydrogen) atoms. The van der Waals surface area contributed by atoms with Gasteiger partial charge >= 0.3 is 0 Å². The van der Waals surface area contributed by atoms with Crippen LogP contribution in [0.3, 0.4) is 0 Å². The fourth-order valence-corrected chi connectivity index (χ4v) is 3.30. The van der Waals surface area contributed by atoms with E-state index in [2.05, 4.69) is 0 Å². The zero-order valence-corrected chi connectivity index (χ0v) is 16.6. The highest BCUT2D eigenvalue weighted by molar-refractivity contribution is 6.09. The molecule has 0 aliphatic carbocycles. The third kappa shape index (κ3) is 4.09. The van der Waals surface area contributed by atoms with Gasteiger partial charge in [-0.15, -0.1) is 0 Å². The molecule has 0 saturated carbocycles. The SMILES string of the molecule is CC(C)CC(=O)C1=C(O)C(=O)N(CC(C)C)C1c1ccc(N(C)C)cc1. The Labute approximate surface area is 156 Å². The normalized spacial score (nSPS) is 17.6. The zero-order valence-electron chi connectivity index (χ0n) is 16.6. The van der Waals surface area contributed by atoms with Crippen molar-refractivity contribution in [1.82, 2.24) is 4.90 Å². The maximum atomic E-state index is 12.8. The molecule has 1 heterocycles. The van der Waals surface area contributed by atoms with Gasteiger partial charge in [0.15, 0.2) is 11.5 Å². The molecule has 0 spiro atoms. The monoisotopic (exact) mass is 358 g/mol. The summed E-state index contributed by atoms with van der Waals surface area (Å²) in [5.74, 6) is -0.604. The van der Waals surface area contributed by atoms with E-state index in [1.54, 1.807) is 4.90 Å². The number of aliphatic hydroxyl groups excluding tert-OH is 1. The van der Waals surface area contributed by atoms with Gasteiger partial charge in [-0.2, -0.15) is 0 Å². The summed E-state index contributed by atoms with van der Waals surface area (Å²) in [4.78, 5) is 29.1. The maximum absolute atomic E-state index is 12.8. The molecule has 0 saturated heterocycles. The number of aliphatic hydroxyl groups is 1. The van der Waals surface area contributed by atoms with E-state index in [0.29, 0.717) is 13.0 Å². The number of ketones is 1. The summed E-state index contributed by atoms with van der Waals surface area (Å²) in [5, 5.41) is 10.5. The number of Topliss-reactive ketones (excluding diaryl/α,β-unsaturated/α-hetero) is 1. The van der Waals surface area contributed by atoms with Crippen LogP contribution in [0.15, 0.2) is 35.6 Å². The minimum atomic E-state index is -0.521. The van der Waals surface area contributed by atoms with Crippen molar-refractivity contribution in [3.05, 3.63) is 41.2 Å². The molecule has 1 aliphatic heterocycles. The van der Waals surface area contributed by atoms with Gasteiger partial charge in [0.05, 0.1) is 11.6 Å². The van der Waals surface area contributed by atoms with Crippen molar-refractivity contribution >= 4 is 17.4 Å². The molecule has 1 aromatic carbocycles. The van der Waals surface area contributed by atoms with Gasteiger partial charge in [-0.3, -0.25) is 9.59 Å². The van der Waals surface area contributed by atoms with Crippen LogP contribution < -0.4 is 4.90 Å². The third-order valence-electron chi connectivity index (χ3n) is 4.48. The standard InChI is InChI=1S/C21H30N2O3/c1-13(2)11-17(24)18-19(15-7-9-16(10-8-15)22(5)6)23(12-14(3)4)21(26)20(18)25/h7-10,13-14,19,25H,11-12H2,1-6H3. The predicted octanol–water partition coefficient (Wildman–Crippen LogP) is 3.72. The molecule has 0 fully saturated rings. The number of carbonyl (C=O) groups is 2. The Bertz CT molecular complexity index is 702. The number of nitrogens with zero attached hydrogens (tertiary/aromatic N) is 2. The van der Waals surface area contributed by atoms with Crippen molar-refractivity contribution in [1.29, 1.82) is 0 Å². The quantitative estimate of drug-likeness (QED) is 0.807. The lowest BCUT2D eigenvalue weighted by molar-refractivity contribution is -0.129. The van der Waals surface area contributed by atoms with Gasteiger partial charge in [-0.1, -0.05) is 39.8 Å². The van der Waals surface area contributed by atoms with E-state index in [4.69, 9.17) is 0 Å². The van der Waals surface area contributed by atoms with E-state index >= 15 is 0 Å². The van der Waals surface area contributed by atoms with Gasteiger partial charge in [-0.25, -0.2) is 0 Å². The second-order valence-electron chi connectivity index (χ2n) is 8.02. The Hall–Kier alpha value is -2.30. The Morgan fingerprint density at radius 1 is 1.12 bits per heavy atom. The van der Waals surface area contributed by atoms with Crippen molar-refractivity contribution < 1.29 is 14.7 Å². The molecule has 1 atom stereocenters. The summed E-state index contributed by atoms with van der Waals surface area (Å²) >= 11 is 0. The highest BCUT2D eigenvalue weighted by Crippen LogP contribution is 2.39. The fourth-order valence-electron chi connectivity index (χ4n) is 3.30. The average Bonchev–Trinajstić information content (AvgIpc) is 2.78. The van der Waals surface area contributed by atoms with Crippen LogP contribution in [0, 0.1) is 11.8 Å². The van der Waals surface area contributed by atoms with Crippen LogP contribution in [0.1, 0.15) is 45.7 Å².